The minimum Gasteiger partial charge on any atom is -0.466 e. The van der Waals surface area contributed by atoms with Gasteiger partial charge in [0.05, 0.1) is 18.8 Å². The van der Waals surface area contributed by atoms with Crippen LogP contribution in [0.3, 0.4) is 0 Å². The lowest BCUT2D eigenvalue weighted by atomic mass is 9.92. The van der Waals surface area contributed by atoms with Crippen LogP contribution in [-0.4, -0.2) is 18.8 Å². The van der Waals surface area contributed by atoms with Crippen molar-refractivity contribution in [2.75, 3.05) is 6.61 Å². The van der Waals surface area contributed by atoms with E-state index in [2.05, 4.69) is 5.32 Å². The SMILES string of the molecule is CC(=O)OCCc1cc(-c2ccccc2)c(CNC(C)OCc2ccccc2)cc1C(F)(F)F. The molecule has 0 aliphatic rings. The van der Waals surface area contributed by atoms with Crippen LogP contribution >= 0.6 is 0 Å². The molecular formula is C27H28F3NO3. The number of hydrogen-bond donors (Lipinski definition) is 1. The van der Waals surface area contributed by atoms with Crippen molar-refractivity contribution in [2.24, 2.45) is 0 Å². The molecule has 0 aliphatic heterocycles. The third-order valence-corrected chi connectivity index (χ3v) is 5.32. The molecule has 0 amide bonds. The summed E-state index contributed by atoms with van der Waals surface area (Å²) in [5.74, 6) is -0.526. The van der Waals surface area contributed by atoms with Crippen LogP contribution in [0.4, 0.5) is 13.2 Å². The first-order chi connectivity index (χ1) is 16.2. The number of halogens is 3. The summed E-state index contributed by atoms with van der Waals surface area (Å²) in [6.45, 7) is 3.52. The highest BCUT2D eigenvalue weighted by atomic mass is 19.4. The molecule has 180 valence electrons. The zero-order chi connectivity index (χ0) is 24.6. The summed E-state index contributed by atoms with van der Waals surface area (Å²) >= 11 is 0. The smallest absolute Gasteiger partial charge is 0.416 e. The Balaban J connectivity index is 1.85. The van der Waals surface area contributed by atoms with E-state index in [1.807, 2.05) is 67.6 Å². The molecule has 0 aromatic heterocycles. The predicted molar refractivity (Wildman–Crippen MR) is 125 cm³/mol. The lowest BCUT2D eigenvalue weighted by molar-refractivity contribution is -0.141. The summed E-state index contributed by atoms with van der Waals surface area (Å²) in [7, 11) is 0. The normalized spacial score (nSPS) is 12.4. The van der Waals surface area contributed by atoms with Crippen LogP contribution in [0, 0.1) is 0 Å². The Morgan fingerprint density at radius 2 is 1.62 bits per heavy atom. The van der Waals surface area contributed by atoms with E-state index < -0.39 is 17.7 Å². The molecule has 0 heterocycles. The average Bonchev–Trinajstić information content (AvgIpc) is 2.82. The first-order valence-corrected chi connectivity index (χ1v) is 11.0. The highest BCUT2D eigenvalue weighted by Gasteiger charge is 2.34. The molecule has 7 heteroatoms. The molecule has 0 radical (unpaired) electrons. The van der Waals surface area contributed by atoms with Gasteiger partial charge in [-0.15, -0.1) is 0 Å². The van der Waals surface area contributed by atoms with Crippen LogP contribution in [0.15, 0.2) is 72.8 Å². The van der Waals surface area contributed by atoms with Crippen molar-refractivity contribution >= 4 is 5.97 Å². The zero-order valence-corrected chi connectivity index (χ0v) is 19.2. The lowest BCUT2D eigenvalue weighted by Crippen LogP contribution is -2.28. The standard InChI is InChI=1S/C27H28F3NO3/c1-19(34-18-21-9-5-3-6-10-21)31-17-24-16-26(27(28,29)30)23(13-14-33-20(2)32)15-25(24)22-11-7-4-8-12-22/h3-12,15-16,19,31H,13-14,17-18H2,1-2H3. The lowest BCUT2D eigenvalue weighted by Gasteiger charge is -2.21. The summed E-state index contributed by atoms with van der Waals surface area (Å²) in [5.41, 5.74) is 2.37. The summed E-state index contributed by atoms with van der Waals surface area (Å²) in [5, 5.41) is 3.18. The van der Waals surface area contributed by atoms with Gasteiger partial charge in [0.2, 0.25) is 0 Å². The number of esters is 1. The summed E-state index contributed by atoms with van der Waals surface area (Å²) in [6, 6.07) is 21.6. The van der Waals surface area contributed by atoms with E-state index in [9.17, 15) is 18.0 Å². The molecule has 1 atom stereocenters. The minimum absolute atomic E-state index is 0.0292. The van der Waals surface area contributed by atoms with E-state index >= 15 is 0 Å². The molecule has 4 nitrogen and oxygen atoms in total. The molecule has 0 saturated heterocycles. The van der Waals surface area contributed by atoms with Crippen molar-refractivity contribution < 1.29 is 27.4 Å². The Morgan fingerprint density at radius 1 is 0.971 bits per heavy atom. The van der Waals surface area contributed by atoms with Gasteiger partial charge in [-0.1, -0.05) is 66.7 Å². The van der Waals surface area contributed by atoms with Crippen LogP contribution in [0.25, 0.3) is 11.1 Å². The molecule has 0 aliphatic carbocycles. The van der Waals surface area contributed by atoms with Gasteiger partial charge in [-0.3, -0.25) is 10.1 Å². The van der Waals surface area contributed by atoms with Gasteiger partial charge in [-0.2, -0.15) is 13.2 Å². The maximum absolute atomic E-state index is 13.9. The van der Waals surface area contributed by atoms with Crippen LogP contribution in [0.5, 0.6) is 0 Å². The second kappa shape index (κ2) is 11.8. The number of ether oxygens (including phenoxy) is 2. The van der Waals surface area contributed by atoms with Crippen molar-refractivity contribution in [3.05, 3.63) is 95.1 Å². The van der Waals surface area contributed by atoms with Gasteiger partial charge in [-0.25, -0.2) is 0 Å². The Hall–Kier alpha value is -3.16. The van der Waals surface area contributed by atoms with Gasteiger partial charge >= 0.3 is 12.1 Å². The van der Waals surface area contributed by atoms with E-state index in [1.54, 1.807) is 6.07 Å². The largest absolute Gasteiger partial charge is 0.466 e. The van der Waals surface area contributed by atoms with Crippen LogP contribution in [0.2, 0.25) is 0 Å². The highest BCUT2D eigenvalue weighted by Crippen LogP contribution is 2.37. The Bertz CT molecular complexity index is 1070. The zero-order valence-electron chi connectivity index (χ0n) is 19.2. The van der Waals surface area contributed by atoms with Gasteiger partial charge in [0.15, 0.2) is 0 Å². The van der Waals surface area contributed by atoms with Gasteiger partial charge in [-0.05, 0) is 40.8 Å². The molecule has 0 fully saturated rings. The number of nitrogens with one attached hydrogen (secondary N) is 1. The van der Waals surface area contributed by atoms with Gasteiger partial charge < -0.3 is 9.47 Å². The number of carbonyl (C=O) groups excluding carboxylic acids is 1. The van der Waals surface area contributed by atoms with Crippen LogP contribution in [-0.2, 0) is 40.0 Å². The van der Waals surface area contributed by atoms with E-state index in [-0.39, 0.29) is 31.4 Å². The van der Waals surface area contributed by atoms with Crippen LogP contribution < -0.4 is 5.32 Å². The Kier molecular flexibility index (Phi) is 8.85. The van der Waals surface area contributed by atoms with Crippen LogP contribution in [0.1, 0.15) is 36.1 Å². The molecule has 1 N–H and O–H groups in total. The first kappa shape index (κ1) is 25.5. The minimum atomic E-state index is -4.54. The fraction of sp³-hybridized carbons (Fsp3) is 0.296. The number of alkyl halides is 3. The number of carbonyl (C=O) groups is 1. The first-order valence-electron chi connectivity index (χ1n) is 11.0. The van der Waals surface area contributed by atoms with Gasteiger partial charge in [0.25, 0.3) is 0 Å². The average molecular weight is 472 g/mol. The third-order valence-electron chi connectivity index (χ3n) is 5.32. The van der Waals surface area contributed by atoms with Crippen molar-refractivity contribution in [3.8, 4) is 11.1 Å². The predicted octanol–water partition coefficient (Wildman–Crippen LogP) is 6.13. The summed E-state index contributed by atoms with van der Waals surface area (Å²) in [6.07, 6.45) is -4.94. The maximum atomic E-state index is 13.9. The molecule has 3 aromatic rings. The molecule has 0 spiro atoms. The molecular weight excluding hydrogens is 443 g/mol. The van der Waals surface area contributed by atoms with E-state index in [1.165, 1.54) is 13.0 Å². The van der Waals surface area contributed by atoms with Crippen molar-refractivity contribution in [1.82, 2.24) is 5.32 Å². The molecule has 34 heavy (non-hydrogen) atoms. The van der Waals surface area contributed by atoms with E-state index in [0.29, 0.717) is 17.7 Å². The second-order valence-corrected chi connectivity index (χ2v) is 7.94. The fourth-order valence-corrected chi connectivity index (χ4v) is 3.61. The summed E-state index contributed by atoms with van der Waals surface area (Å²) < 4.78 is 52.4. The number of hydrogen-bond acceptors (Lipinski definition) is 4. The molecule has 0 saturated carbocycles. The van der Waals surface area contributed by atoms with Gasteiger partial charge in [0.1, 0.15) is 6.23 Å². The Morgan fingerprint density at radius 3 is 2.24 bits per heavy atom. The van der Waals surface area contributed by atoms with E-state index in [4.69, 9.17) is 9.47 Å². The van der Waals surface area contributed by atoms with E-state index in [0.717, 1.165) is 11.1 Å². The number of rotatable bonds is 10. The maximum Gasteiger partial charge on any atom is 0.416 e. The quantitative estimate of drug-likeness (QED) is 0.285. The second-order valence-electron chi connectivity index (χ2n) is 7.94. The highest BCUT2D eigenvalue weighted by molar-refractivity contribution is 5.69. The van der Waals surface area contributed by atoms with Gasteiger partial charge in [0, 0.05) is 19.9 Å². The molecule has 1 unspecified atom stereocenters. The summed E-state index contributed by atoms with van der Waals surface area (Å²) in [4.78, 5) is 11.1. The fourth-order valence-electron chi connectivity index (χ4n) is 3.61. The monoisotopic (exact) mass is 471 g/mol. The molecule has 3 rings (SSSR count). The van der Waals surface area contributed by atoms with Crippen molar-refractivity contribution in [2.45, 2.75) is 45.8 Å². The third kappa shape index (κ3) is 7.43. The molecule has 3 aromatic carbocycles. The van der Waals surface area contributed by atoms with Crippen molar-refractivity contribution in [1.29, 1.82) is 0 Å². The van der Waals surface area contributed by atoms with Crippen molar-refractivity contribution in [3.63, 3.8) is 0 Å². The topological polar surface area (TPSA) is 47.6 Å². The Labute approximate surface area is 197 Å². The molecule has 0 bridgehead atoms. The number of benzene rings is 3.